The molecule has 8 heterocycles. The number of aromatic amines is 1. The molecule has 1 spiro atoms. The van der Waals surface area contributed by atoms with Crippen LogP contribution in [0.1, 0.15) is 62.2 Å². The number of aromatic nitrogens is 6. The Morgan fingerprint density at radius 2 is 1.62 bits per heavy atom. The first-order valence-electron chi connectivity index (χ1n) is 22.3. The fraction of sp³-hybridized carbons (Fsp3) is 0.404. The molecule has 5 amide bonds. The Labute approximate surface area is 390 Å². The van der Waals surface area contributed by atoms with E-state index < -0.39 is 12.1 Å². The largest absolute Gasteiger partial charge is 0.486 e. The van der Waals surface area contributed by atoms with Crippen LogP contribution < -0.4 is 19.9 Å². The highest BCUT2D eigenvalue weighted by atomic mass is 35.5. The fourth-order valence-electron chi connectivity index (χ4n) is 9.81. The zero-order chi connectivity index (χ0) is 45.7. The van der Waals surface area contributed by atoms with Gasteiger partial charge in [-0.1, -0.05) is 29.3 Å². The molecule has 66 heavy (non-hydrogen) atoms. The van der Waals surface area contributed by atoms with Gasteiger partial charge in [0.05, 0.1) is 47.1 Å². The molecule has 0 saturated carbocycles. The molecule has 6 aromatic rings. The smallest absolute Gasteiger partial charge is 0.329 e. The number of imide groups is 1. The summed E-state index contributed by atoms with van der Waals surface area (Å²) in [6, 6.07) is 15.5. The van der Waals surface area contributed by atoms with Crippen LogP contribution in [0.15, 0.2) is 67.1 Å². The summed E-state index contributed by atoms with van der Waals surface area (Å²) in [7, 11) is 1.85. The van der Waals surface area contributed by atoms with Crippen LogP contribution in [-0.2, 0) is 26.2 Å². The minimum Gasteiger partial charge on any atom is -0.486 e. The molecule has 10 rings (SSSR count). The predicted molar refractivity (Wildman–Crippen MR) is 249 cm³/mol. The SMILES string of the molecule is C[C@@H](Oc1ccc2[nH]nc(-c3ccc(N4CC5(CN(C(=O)CCOCCC(=O)N6CCC(c7ccc8c(N9CCC(=O)NC9=O)nn(C)c8c7)CC6)C5)C4)nc3)c2c1)c1c(Cl)cncc1Cl. The maximum Gasteiger partial charge on any atom is 0.329 e. The second-order valence-corrected chi connectivity index (χ2v) is 18.6. The van der Waals surface area contributed by atoms with Gasteiger partial charge in [-0.25, -0.2) is 9.78 Å². The van der Waals surface area contributed by atoms with Gasteiger partial charge in [-0.15, -0.1) is 0 Å². The van der Waals surface area contributed by atoms with Crippen molar-refractivity contribution in [3.63, 3.8) is 0 Å². The Hall–Kier alpha value is -6.30. The third-order valence-electron chi connectivity index (χ3n) is 13.4. The molecule has 0 aliphatic carbocycles. The summed E-state index contributed by atoms with van der Waals surface area (Å²) < 4.78 is 13.8. The molecule has 1 atom stereocenters. The van der Waals surface area contributed by atoms with Gasteiger partial charge in [-0.3, -0.25) is 39.4 Å². The minimum atomic E-state index is -0.455. The second-order valence-electron chi connectivity index (χ2n) is 17.8. The van der Waals surface area contributed by atoms with E-state index in [4.69, 9.17) is 37.7 Å². The van der Waals surface area contributed by atoms with Crippen molar-refractivity contribution in [2.75, 3.05) is 68.8 Å². The highest BCUT2D eigenvalue weighted by Gasteiger charge is 2.53. The number of hydrogen-bond donors (Lipinski definition) is 2. The van der Waals surface area contributed by atoms with Gasteiger partial charge in [0.1, 0.15) is 23.4 Å². The molecular weight excluding hydrogens is 885 g/mol. The predicted octanol–water partition coefficient (Wildman–Crippen LogP) is 6.65. The standard InChI is InChI=1S/C47H49Cl2N11O6/c1-28(43-35(48)22-50-23-36(43)49)66-32-5-7-37-34(20-32)44(54-53-37)31-4-8-39(51-21-31)58-24-47(25-58)26-59(27-47)42(63)13-18-65-17-12-41(62)57-14-9-29(10-15-57)30-3-6-33-38(19-30)56(2)55-45(33)60-16-11-40(61)52-46(60)64/h3-8,19-23,28-29H,9-18,24-27H2,1-2H3,(H,53,54)(H,52,61,64)/t28-/m1/s1. The van der Waals surface area contributed by atoms with E-state index in [1.165, 1.54) is 10.5 Å². The first kappa shape index (κ1) is 43.6. The Kier molecular flexibility index (Phi) is 11.8. The number of nitrogens with one attached hydrogen (secondary N) is 2. The number of likely N-dealkylation sites (tertiary alicyclic amines) is 2. The van der Waals surface area contributed by atoms with Crippen LogP contribution in [0.25, 0.3) is 33.1 Å². The zero-order valence-electron chi connectivity index (χ0n) is 36.6. The lowest BCUT2D eigenvalue weighted by Crippen LogP contribution is -2.73. The van der Waals surface area contributed by atoms with E-state index >= 15 is 0 Å². The van der Waals surface area contributed by atoms with E-state index in [0.717, 1.165) is 64.8 Å². The second kappa shape index (κ2) is 17.8. The number of benzene rings is 2. The Bertz CT molecular complexity index is 2830. The minimum absolute atomic E-state index is 0.0625. The summed E-state index contributed by atoms with van der Waals surface area (Å²) in [6.45, 7) is 7.17. The number of anilines is 2. The number of carbonyl (C=O) groups is 4. The van der Waals surface area contributed by atoms with Gasteiger partial charge < -0.3 is 24.2 Å². The average Bonchev–Trinajstić information content (AvgIpc) is 3.85. The molecular formula is C47H49Cl2N11O6. The van der Waals surface area contributed by atoms with Crippen LogP contribution in [0.2, 0.25) is 10.0 Å². The summed E-state index contributed by atoms with van der Waals surface area (Å²) in [5.41, 5.74) is 5.36. The first-order chi connectivity index (χ1) is 31.9. The number of carbonyl (C=O) groups excluding carboxylic acids is 4. The number of urea groups is 1. The lowest BCUT2D eigenvalue weighted by atomic mass is 9.72. The molecule has 0 unspecified atom stereocenters. The zero-order valence-corrected chi connectivity index (χ0v) is 38.1. The third kappa shape index (κ3) is 8.50. The number of amides is 5. The van der Waals surface area contributed by atoms with Crippen molar-refractivity contribution in [1.82, 2.24) is 45.1 Å². The van der Waals surface area contributed by atoms with Gasteiger partial charge in [0.25, 0.3) is 0 Å². The van der Waals surface area contributed by atoms with Gasteiger partial charge >= 0.3 is 6.03 Å². The molecule has 0 radical (unpaired) electrons. The van der Waals surface area contributed by atoms with Crippen molar-refractivity contribution in [1.29, 1.82) is 0 Å². The number of nitrogens with zero attached hydrogens (tertiary/aromatic N) is 9. The van der Waals surface area contributed by atoms with E-state index in [9.17, 15) is 19.2 Å². The van der Waals surface area contributed by atoms with Crippen molar-refractivity contribution in [2.24, 2.45) is 12.5 Å². The first-order valence-corrected chi connectivity index (χ1v) is 23.0. The number of halogens is 2. The number of fused-ring (bicyclic) bond motifs is 2. The molecule has 2 aromatic carbocycles. The number of hydrogen-bond acceptors (Lipinski definition) is 11. The molecule has 19 heteroatoms. The van der Waals surface area contributed by atoms with E-state index in [2.05, 4.69) is 42.6 Å². The maximum absolute atomic E-state index is 13.0. The van der Waals surface area contributed by atoms with Crippen molar-refractivity contribution in [3.8, 4) is 17.0 Å². The lowest BCUT2D eigenvalue weighted by molar-refractivity contribution is -0.146. The number of pyridine rings is 2. The molecule has 0 bridgehead atoms. The molecule has 4 aliphatic heterocycles. The average molecular weight is 935 g/mol. The number of rotatable bonds is 13. The fourth-order valence-corrected chi connectivity index (χ4v) is 10.5. The van der Waals surface area contributed by atoms with Crippen LogP contribution in [0.5, 0.6) is 5.75 Å². The van der Waals surface area contributed by atoms with Crippen LogP contribution in [0.3, 0.4) is 0 Å². The maximum atomic E-state index is 13.0. The Balaban J connectivity index is 0.630. The molecule has 4 aromatic heterocycles. The Morgan fingerprint density at radius 1 is 0.879 bits per heavy atom. The number of aryl methyl sites for hydroxylation is 1. The van der Waals surface area contributed by atoms with Gasteiger partial charge in [0.15, 0.2) is 5.82 Å². The van der Waals surface area contributed by atoms with E-state index in [1.54, 1.807) is 17.1 Å². The van der Waals surface area contributed by atoms with Crippen molar-refractivity contribution >= 4 is 80.4 Å². The normalized spacial score (nSPS) is 17.9. The van der Waals surface area contributed by atoms with Gasteiger partial charge in [-0.05, 0) is 73.7 Å². The molecule has 342 valence electrons. The molecule has 4 aliphatic rings. The summed E-state index contributed by atoms with van der Waals surface area (Å²) in [5, 5.41) is 17.3. The van der Waals surface area contributed by atoms with Gasteiger partial charge in [0.2, 0.25) is 17.7 Å². The summed E-state index contributed by atoms with van der Waals surface area (Å²) in [6.07, 6.45) is 7.03. The van der Waals surface area contributed by atoms with Crippen LogP contribution in [0, 0.1) is 5.41 Å². The molecule has 4 saturated heterocycles. The third-order valence-corrected chi connectivity index (χ3v) is 14.0. The molecule has 17 nitrogen and oxygen atoms in total. The van der Waals surface area contributed by atoms with Crippen LogP contribution >= 0.6 is 23.2 Å². The number of piperidine rings is 1. The van der Waals surface area contributed by atoms with Crippen LogP contribution in [0.4, 0.5) is 16.4 Å². The van der Waals surface area contributed by atoms with Gasteiger partial charge in [-0.2, -0.15) is 10.2 Å². The molecule has 2 N–H and O–H groups in total. The van der Waals surface area contributed by atoms with Crippen molar-refractivity contribution in [2.45, 2.75) is 51.0 Å². The van der Waals surface area contributed by atoms with E-state index in [-0.39, 0.29) is 55.6 Å². The van der Waals surface area contributed by atoms with E-state index in [1.807, 2.05) is 66.4 Å². The van der Waals surface area contributed by atoms with Crippen molar-refractivity contribution < 1.29 is 28.7 Å². The summed E-state index contributed by atoms with van der Waals surface area (Å²) in [4.78, 5) is 66.5. The topological polar surface area (TPSA) is 184 Å². The number of ether oxygens (including phenoxy) is 2. The van der Waals surface area contributed by atoms with Crippen LogP contribution in [-0.4, -0.2) is 123 Å². The highest BCUT2D eigenvalue weighted by Crippen LogP contribution is 2.42. The lowest BCUT2D eigenvalue weighted by Gasteiger charge is -2.60. The molecule has 4 fully saturated rings. The van der Waals surface area contributed by atoms with Crippen molar-refractivity contribution in [3.05, 3.63) is 88.3 Å². The summed E-state index contributed by atoms with van der Waals surface area (Å²) >= 11 is 12.7. The monoisotopic (exact) mass is 933 g/mol. The summed E-state index contributed by atoms with van der Waals surface area (Å²) in [5.74, 6) is 2.23. The Morgan fingerprint density at radius 3 is 2.33 bits per heavy atom. The van der Waals surface area contributed by atoms with Gasteiger partial charge in [0, 0.05) is 105 Å². The quantitative estimate of drug-likeness (QED) is 0.118. The van der Waals surface area contributed by atoms with E-state index in [0.29, 0.717) is 65.8 Å². The number of H-pyrrole nitrogens is 1. The highest BCUT2D eigenvalue weighted by molar-refractivity contribution is 6.35.